The molecule has 1 aromatic heterocycles. The van der Waals surface area contributed by atoms with Crippen LogP contribution in [0, 0.1) is 19.8 Å². The molecule has 0 unspecified atom stereocenters. The van der Waals surface area contributed by atoms with Crippen LogP contribution in [0.25, 0.3) is 10.9 Å². The van der Waals surface area contributed by atoms with Gasteiger partial charge in [0.25, 0.3) is 0 Å². The van der Waals surface area contributed by atoms with E-state index in [-0.39, 0.29) is 0 Å². The molecule has 1 N–H and O–H groups in total. The summed E-state index contributed by atoms with van der Waals surface area (Å²) in [6.07, 6.45) is 1.01. The average Bonchev–Trinajstić information content (AvgIpc) is 2.34. The number of nitrogens with one attached hydrogen (secondary N) is 1. The molecule has 0 atom stereocenters. The normalized spacial score (nSPS) is 11.3. The second kappa shape index (κ2) is 5.49. The van der Waals surface area contributed by atoms with Gasteiger partial charge in [-0.15, -0.1) is 0 Å². The van der Waals surface area contributed by atoms with Gasteiger partial charge in [0, 0.05) is 28.3 Å². The molecule has 0 aliphatic carbocycles. The zero-order valence-electron chi connectivity index (χ0n) is 12.3. The Hall–Kier alpha value is -1.09. The van der Waals surface area contributed by atoms with Gasteiger partial charge in [-0.05, 0) is 49.4 Å². The maximum Gasteiger partial charge on any atom is 0.0732 e. The first-order valence-electron chi connectivity index (χ1n) is 6.71. The quantitative estimate of drug-likeness (QED) is 0.874. The lowest BCUT2D eigenvalue weighted by molar-refractivity contribution is 0.637. The summed E-state index contributed by atoms with van der Waals surface area (Å²) in [6.45, 7) is 8.71. The van der Waals surface area contributed by atoms with Crippen LogP contribution >= 0.6 is 15.9 Å². The van der Waals surface area contributed by atoms with Crippen molar-refractivity contribution in [3.63, 3.8) is 0 Å². The molecule has 19 heavy (non-hydrogen) atoms. The Bertz CT molecular complexity index is 618. The Balaban J connectivity index is 2.73. The average molecular weight is 321 g/mol. The molecule has 2 rings (SSSR count). The third kappa shape index (κ3) is 2.76. The Labute approximate surface area is 123 Å². The highest BCUT2D eigenvalue weighted by molar-refractivity contribution is 9.10. The molecule has 3 heteroatoms. The molecular formula is C16H21BrN2. The number of hydrogen-bond donors (Lipinski definition) is 1. The molecule has 0 saturated carbocycles. The number of nitrogens with zero attached hydrogens (tertiary/aromatic N) is 1. The number of aromatic nitrogens is 1. The van der Waals surface area contributed by atoms with Gasteiger partial charge in [0.2, 0.25) is 0 Å². The van der Waals surface area contributed by atoms with E-state index in [1.54, 1.807) is 0 Å². The first-order valence-corrected chi connectivity index (χ1v) is 7.50. The van der Waals surface area contributed by atoms with Crippen molar-refractivity contribution in [1.82, 2.24) is 4.98 Å². The van der Waals surface area contributed by atoms with Gasteiger partial charge in [-0.25, -0.2) is 0 Å². The number of halogens is 1. The minimum Gasteiger partial charge on any atom is -0.388 e. The number of anilines is 1. The van der Waals surface area contributed by atoms with Gasteiger partial charge in [0.1, 0.15) is 0 Å². The van der Waals surface area contributed by atoms with Crippen molar-refractivity contribution in [2.45, 2.75) is 34.1 Å². The van der Waals surface area contributed by atoms with Crippen LogP contribution < -0.4 is 5.32 Å². The Morgan fingerprint density at radius 3 is 2.53 bits per heavy atom. The number of rotatable bonds is 3. The van der Waals surface area contributed by atoms with Crippen molar-refractivity contribution in [1.29, 1.82) is 0 Å². The number of pyridine rings is 1. The van der Waals surface area contributed by atoms with Crippen LogP contribution in [0.1, 0.15) is 30.7 Å². The zero-order valence-corrected chi connectivity index (χ0v) is 13.9. The van der Waals surface area contributed by atoms with Gasteiger partial charge < -0.3 is 5.32 Å². The smallest absolute Gasteiger partial charge is 0.0732 e. The second-order valence-electron chi connectivity index (χ2n) is 5.54. The lowest BCUT2D eigenvalue weighted by atomic mass is 10.0. The van der Waals surface area contributed by atoms with Gasteiger partial charge in [0.15, 0.2) is 0 Å². The summed E-state index contributed by atoms with van der Waals surface area (Å²) in [5.74, 6) is 0.618. The lowest BCUT2D eigenvalue weighted by Gasteiger charge is -2.15. The highest BCUT2D eigenvalue weighted by Crippen LogP contribution is 2.33. The Morgan fingerprint density at radius 2 is 1.95 bits per heavy atom. The molecule has 0 fully saturated rings. The molecule has 0 aliphatic heterocycles. The van der Waals surface area contributed by atoms with Crippen molar-refractivity contribution < 1.29 is 0 Å². The monoisotopic (exact) mass is 320 g/mol. The van der Waals surface area contributed by atoms with Crippen LogP contribution in [-0.2, 0) is 6.42 Å². The van der Waals surface area contributed by atoms with Crippen molar-refractivity contribution in [2.24, 2.45) is 5.92 Å². The topological polar surface area (TPSA) is 24.9 Å². The van der Waals surface area contributed by atoms with Crippen LogP contribution in [-0.4, -0.2) is 12.0 Å². The predicted octanol–water partition coefficient (Wildman–Crippen LogP) is 4.85. The molecule has 1 aromatic carbocycles. The zero-order chi connectivity index (χ0) is 14.2. The van der Waals surface area contributed by atoms with Gasteiger partial charge in [-0.2, -0.15) is 0 Å². The Morgan fingerprint density at radius 1 is 1.26 bits per heavy atom. The number of aryl methyl sites for hydroxylation is 2. The molecule has 1 heterocycles. The first-order chi connectivity index (χ1) is 8.93. The fraction of sp³-hybridized carbons (Fsp3) is 0.438. The largest absolute Gasteiger partial charge is 0.388 e. The van der Waals surface area contributed by atoms with E-state index in [0.717, 1.165) is 17.6 Å². The highest BCUT2D eigenvalue weighted by atomic mass is 79.9. The summed E-state index contributed by atoms with van der Waals surface area (Å²) in [5.41, 5.74) is 5.90. The third-order valence-electron chi connectivity index (χ3n) is 3.39. The maximum absolute atomic E-state index is 4.83. The standard InChI is InChI=1S/C16H21BrN2/c1-9(2)6-12-8-13(18-5)15-11(4)16(17)10(3)7-14(15)19-12/h7-9H,6H2,1-5H3,(H,18,19). The lowest BCUT2D eigenvalue weighted by Crippen LogP contribution is -2.02. The van der Waals surface area contributed by atoms with Crippen molar-refractivity contribution in [2.75, 3.05) is 12.4 Å². The van der Waals surface area contributed by atoms with Crippen LogP contribution in [0.3, 0.4) is 0 Å². The fourth-order valence-electron chi connectivity index (χ4n) is 2.51. The minimum absolute atomic E-state index is 0.618. The van der Waals surface area contributed by atoms with Gasteiger partial charge >= 0.3 is 0 Å². The third-order valence-corrected chi connectivity index (χ3v) is 4.61. The molecule has 0 radical (unpaired) electrons. The first kappa shape index (κ1) is 14.3. The van der Waals surface area contributed by atoms with Crippen LogP contribution in [0.5, 0.6) is 0 Å². The molecule has 0 aliphatic rings. The number of fused-ring (bicyclic) bond motifs is 1. The van der Waals surface area contributed by atoms with E-state index in [1.165, 1.54) is 26.7 Å². The summed E-state index contributed by atoms with van der Waals surface area (Å²) in [4.78, 5) is 4.83. The minimum atomic E-state index is 0.618. The van der Waals surface area contributed by atoms with Crippen molar-refractivity contribution >= 4 is 32.5 Å². The van der Waals surface area contributed by atoms with Crippen molar-refractivity contribution in [3.05, 3.63) is 33.4 Å². The van der Waals surface area contributed by atoms with Crippen LogP contribution in [0.4, 0.5) is 5.69 Å². The van der Waals surface area contributed by atoms with E-state index < -0.39 is 0 Å². The van der Waals surface area contributed by atoms with Crippen LogP contribution in [0.15, 0.2) is 16.6 Å². The molecule has 0 amide bonds. The molecule has 2 nitrogen and oxygen atoms in total. The highest BCUT2D eigenvalue weighted by Gasteiger charge is 2.12. The summed E-state index contributed by atoms with van der Waals surface area (Å²) in [6, 6.07) is 4.34. The predicted molar refractivity (Wildman–Crippen MR) is 87.0 cm³/mol. The van der Waals surface area contributed by atoms with Gasteiger partial charge in [0.05, 0.1) is 5.52 Å². The molecule has 0 saturated heterocycles. The van der Waals surface area contributed by atoms with E-state index in [0.29, 0.717) is 5.92 Å². The van der Waals surface area contributed by atoms with Crippen LogP contribution in [0.2, 0.25) is 0 Å². The number of hydrogen-bond acceptors (Lipinski definition) is 2. The SMILES string of the molecule is CNc1cc(CC(C)C)nc2cc(C)c(Br)c(C)c12. The summed E-state index contributed by atoms with van der Waals surface area (Å²) in [5, 5.41) is 4.53. The maximum atomic E-state index is 4.83. The fourth-order valence-corrected chi connectivity index (χ4v) is 2.82. The summed E-state index contributed by atoms with van der Waals surface area (Å²) >= 11 is 3.67. The molecule has 0 spiro atoms. The summed E-state index contributed by atoms with van der Waals surface area (Å²) in [7, 11) is 1.97. The van der Waals surface area contributed by atoms with E-state index in [9.17, 15) is 0 Å². The second-order valence-corrected chi connectivity index (χ2v) is 6.33. The molecule has 102 valence electrons. The van der Waals surface area contributed by atoms with E-state index >= 15 is 0 Å². The van der Waals surface area contributed by atoms with Gasteiger partial charge in [-0.3, -0.25) is 4.98 Å². The molecule has 2 aromatic rings. The van der Waals surface area contributed by atoms with E-state index in [4.69, 9.17) is 4.98 Å². The molecular weight excluding hydrogens is 300 g/mol. The molecule has 0 bridgehead atoms. The Kier molecular flexibility index (Phi) is 4.14. The van der Waals surface area contributed by atoms with Gasteiger partial charge in [-0.1, -0.05) is 29.8 Å². The van der Waals surface area contributed by atoms with E-state index in [2.05, 4.69) is 61.1 Å². The summed E-state index contributed by atoms with van der Waals surface area (Å²) < 4.78 is 1.18. The van der Waals surface area contributed by atoms with E-state index in [1.807, 2.05) is 7.05 Å². The number of benzene rings is 1. The van der Waals surface area contributed by atoms with Crippen molar-refractivity contribution in [3.8, 4) is 0 Å².